The molecule has 0 unspecified atom stereocenters. The predicted molar refractivity (Wildman–Crippen MR) is 45.3 cm³/mol. The molecule has 0 aromatic rings. The van der Waals surface area contributed by atoms with Gasteiger partial charge in [-0.05, 0) is 6.42 Å². The third-order valence-electron chi connectivity index (χ3n) is 0.822. The molecule has 54 valence electrons. The van der Waals surface area contributed by atoms with Gasteiger partial charge >= 0.3 is 0 Å². The molecule has 4 heteroatoms. The van der Waals surface area contributed by atoms with Crippen LogP contribution in [0.25, 0.3) is 0 Å². The molecular weight excluding hydrogens is 231 g/mol. The van der Waals surface area contributed by atoms with E-state index in [1.165, 1.54) is 6.92 Å². The first-order valence-electron chi connectivity index (χ1n) is 2.85. The summed E-state index contributed by atoms with van der Waals surface area (Å²) < 4.78 is 2.96. The molecule has 0 radical (unpaired) electrons. The van der Waals surface area contributed by atoms with Crippen molar-refractivity contribution < 1.29 is 4.79 Å². The lowest BCUT2D eigenvalue weighted by Gasteiger charge is -1.98. The number of carbonyl (C=O) groups is 1. The molecule has 0 atom stereocenters. The molecule has 0 heterocycles. The Bertz CT molecular complexity index is 87.0. The molecule has 0 fully saturated rings. The molecule has 0 aliphatic heterocycles. The maximum absolute atomic E-state index is 10.3. The minimum atomic E-state index is 0.0449. The average Bonchev–Trinajstić information content (AvgIpc) is 1.80. The zero-order chi connectivity index (χ0) is 7.11. The van der Waals surface area contributed by atoms with Crippen molar-refractivity contribution in [3.05, 3.63) is 0 Å². The van der Waals surface area contributed by atoms with Gasteiger partial charge in [0.05, 0.1) is 0 Å². The largest absolute Gasteiger partial charge is 0.356 e. The Hall–Kier alpha value is 0.160. The highest BCUT2D eigenvalue weighted by Gasteiger charge is 1.87. The highest BCUT2D eigenvalue weighted by molar-refractivity contribution is 14.1. The zero-order valence-electron chi connectivity index (χ0n) is 5.41. The van der Waals surface area contributed by atoms with Crippen LogP contribution in [0.4, 0.5) is 0 Å². The first-order valence-corrected chi connectivity index (χ1v) is 3.93. The Morgan fingerprint density at radius 1 is 1.56 bits per heavy atom. The second-order valence-electron chi connectivity index (χ2n) is 1.72. The quantitative estimate of drug-likeness (QED) is 0.427. The van der Waals surface area contributed by atoms with Gasteiger partial charge in [0.2, 0.25) is 5.91 Å². The van der Waals surface area contributed by atoms with Crippen molar-refractivity contribution in [1.82, 2.24) is 8.85 Å². The van der Waals surface area contributed by atoms with E-state index in [0.717, 1.165) is 19.5 Å². The number of halogens is 1. The van der Waals surface area contributed by atoms with Crippen molar-refractivity contribution in [1.29, 1.82) is 0 Å². The Labute approximate surface area is 69.1 Å². The SMILES string of the molecule is CC(=O)NCCCNI. The highest BCUT2D eigenvalue weighted by atomic mass is 127. The summed E-state index contributed by atoms with van der Waals surface area (Å²) in [5, 5.41) is 2.70. The van der Waals surface area contributed by atoms with Crippen LogP contribution in [-0.4, -0.2) is 19.0 Å². The van der Waals surface area contributed by atoms with Gasteiger partial charge in [-0.2, -0.15) is 0 Å². The van der Waals surface area contributed by atoms with Crippen LogP contribution in [0.2, 0.25) is 0 Å². The Balaban J connectivity index is 2.83. The molecule has 0 bridgehead atoms. The molecule has 0 spiro atoms. The molecule has 0 aliphatic carbocycles. The fourth-order valence-corrected chi connectivity index (χ4v) is 0.801. The second kappa shape index (κ2) is 6.28. The van der Waals surface area contributed by atoms with E-state index in [1.807, 2.05) is 0 Å². The minimum absolute atomic E-state index is 0.0449. The Kier molecular flexibility index (Phi) is 6.39. The van der Waals surface area contributed by atoms with Crippen LogP contribution < -0.4 is 8.85 Å². The van der Waals surface area contributed by atoms with Crippen LogP contribution in [0.15, 0.2) is 0 Å². The van der Waals surface area contributed by atoms with Crippen molar-refractivity contribution in [3.8, 4) is 0 Å². The van der Waals surface area contributed by atoms with E-state index < -0.39 is 0 Å². The van der Waals surface area contributed by atoms with Crippen LogP contribution in [0.3, 0.4) is 0 Å². The summed E-state index contributed by atoms with van der Waals surface area (Å²) in [6.07, 6.45) is 0.989. The lowest BCUT2D eigenvalue weighted by atomic mass is 10.4. The fourth-order valence-electron chi connectivity index (χ4n) is 0.420. The number of nitrogens with one attached hydrogen (secondary N) is 2. The summed E-state index contributed by atoms with van der Waals surface area (Å²) in [6.45, 7) is 3.24. The van der Waals surface area contributed by atoms with Gasteiger partial charge in [0.15, 0.2) is 0 Å². The molecule has 9 heavy (non-hydrogen) atoms. The molecule has 0 aromatic carbocycles. The highest BCUT2D eigenvalue weighted by Crippen LogP contribution is 1.75. The van der Waals surface area contributed by atoms with Crippen LogP contribution in [0.5, 0.6) is 0 Å². The number of rotatable bonds is 4. The van der Waals surface area contributed by atoms with Gasteiger partial charge in [-0.15, -0.1) is 0 Å². The zero-order valence-corrected chi connectivity index (χ0v) is 7.57. The van der Waals surface area contributed by atoms with Gasteiger partial charge in [0.1, 0.15) is 0 Å². The van der Waals surface area contributed by atoms with Crippen molar-refractivity contribution in [2.45, 2.75) is 13.3 Å². The van der Waals surface area contributed by atoms with Gasteiger partial charge in [0, 0.05) is 42.9 Å². The normalized spacial score (nSPS) is 9.11. The molecule has 0 saturated carbocycles. The summed E-state index contributed by atoms with van der Waals surface area (Å²) in [5.74, 6) is 0.0449. The van der Waals surface area contributed by atoms with E-state index in [1.54, 1.807) is 0 Å². The van der Waals surface area contributed by atoms with Crippen molar-refractivity contribution in [3.63, 3.8) is 0 Å². The van der Waals surface area contributed by atoms with E-state index in [9.17, 15) is 4.79 Å². The van der Waals surface area contributed by atoms with Crippen LogP contribution in [-0.2, 0) is 4.79 Å². The van der Waals surface area contributed by atoms with E-state index in [4.69, 9.17) is 0 Å². The molecular formula is C5H11IN2O. The van der Waals surface area contributed by atoms with Gasteiger partial charge in [-0.3, -0.25) is 8.32 Å². The maximum atomic E-state index is 10.3. The topological polar surface area (TPSA) is 41.1 Å². The monoisotopic (exact) mass is 242 g/mol. The van der Waals surface area contributed by atoms with E-state index in [0.29, 0.717) is 0 Å². The van der Waals surface area contributed by atoms with Gasteiger partial charge in [-0.1, -0.05) is 0 Å². The van der Waals surface area contributed by atoms with Gasteiger partial charge < -0.3 is 5.32 Å². The van der Waals surface area contributed by atoms with Gasteiger partial charge in [-0.25, -0.2) is 0 Å². The molecule has 0 saturated heterocycles. The summed E-state index contributed by atoms with van der Waals surface area (Å²) >= 11 is 2.08. The first-order chi connectivity index (χ1) is 4.27. The molecule has 0 rings (SSSR count). The Morgan fingerprint density at radius 3 is 2.67 bits per heavy atom. The predicted octanol–water partition coefficient (Wildman–Crippen LogP) is 0.452. The van der Waals surface area contributed by atoms with Crippen LogP contribution in [0.1, 0.15) is 13.3 Å². The van der Waals surface area contributed by atoms with E-state index >= 15 is 0 Å². The van der Waals surface area contributed by atoms with Crippen molar-refractivity contribution >= 4 is 28.8 Å². The van der Waals surface area contributed by atoms with Gasteiger partial charge in [0.25, 0.3) is 0 Å². The summed E-state index contributed by atoms with van der Waals surface area (Å²) in [5.41, 5.74) is 0. The number of hydrogen-bond acceptors (Lipinski definition) is 2. The summed E-state index contributed by atoms with van der Waals surface area (Å²) in [6, 6.07) is 0. The minimum Gasteiger partial charge on any atom is -0.356 e. The number of carbonyl (C=O) groups excluding carboxylic acids is 1. The summed E-state index contributed by atoms with van der Waals surface area (Å²) in [7, 11) is 0. The van der Waals surface area contributed by atoms with Crippen molar-refractivity contribution in [2.75, 3.05) is 13.1 Å². The first kappa shape index (κ1) is 9.16. The second-order valence-corrected chi connectivity index (χ2v) is 2.48. The number of hydrogen-bond donors (Lipinski definition) is 2. The Morgan fingerprint density at radius 2 is 2.22 bits per heavy atom. The van der Waals surface area contributed by atoms with Crippen LogP contribution in [0, 0.1) is 0 Å². The fraction of sp³-hybridized carbons (Fsp3) is 0.800. The van der Waals surface area contributed by atoms with Crippen LogP contribution >= 0.6 is 22.9 Å². The average molecular weight is 242 g/mol. The smallest absolute Gasteiger partial charge is 0.216 e. The third-order valence-corrected chi connectivity index (χ3v) is 1.36. The molecule has 0 aliphatic rings. The molecule has 0 aromatic heterocycles. The number of amides is 1. The third kappa shape index (κ3) is 8.16. The molecule has 2 N–H and O–H groups in total. The van der Waals surface area contributed by atoms with E-state index in [2.05, 4.69) is 31.7 Å². The summed E-state index contributed by atoms with van der Waals surface area (Å²) in [4.78, 5) is 10.3. The molecule has 1 amide bonds. The lowest BCUT2D eigenvalue weighted by molar-refractivity contribution is -0.118. The lowest BCUT2D eigenvalue weighted by Crippen LogP contribution is -2.22. The van der Waals surface area contributed by atoms with E-state index in [-0.39, 0.29) is 5.91 Å². The standard InChI is InChI=1S/C5H11IN2O/c1-5(9)7-3-2-4-8-6/h8H,2-4H2,1H3,(H,7,9). The maximum Gasteiger partial charge on any atom is 0.216 e. The van der Waals surface area contributed by atoms with Crippen molar-refractivity contribution in [2.24, 2.45) is 0 Å². The molecule has 3 nitrogen and oxygen atoms in total.